The summed E-state index contributed by atoms with van der Waals surface area (Å²) < 4.78 is 14.0. The molecule has 0 saturated carbocycles. The van der Waals surface area contributed by atoms with Gasteiger partial charge in [-0.25, -0.2) is 4.79 Å². The van der Waals surface area contributed by atoms with Crippen LogP contribution in [0.5, 0.6) is 5.75 Å². The number of hydrogen-bond acceptors (Lipinski definition) is 3. The fraction of sp³-hybridized carbons (Fsp3) is 0.261. The second kappa shape index (κ2) is 12.5. The summed E-state index contributed by atoms with van der Waals surface area (Å²) in [4.78, 5) is 11.3. The minimum Gasteiger partial charge on any atom is -0.488 e. The Morgan fingerprint density at radius 1 is 1.23 bits per heavy atom. The first-order valence-corrected chi connectivity index (χ1v) is 11.9. The first kappa shape index (κ1) is 24.9. The minimum atomic E-state index is -0.955. The lowest BCUT2D eigenvalue weighted by Crippen LogP contribution is -2.26. The monoisotopic (exact) mass is 646 g/mol. The average molecular weight is 648 g/mol. The van der Waals surface area contributed by atoms with Crippen LogP contribution in [0.1, 0.15) is 25.0 Å². The van der Waals surface area contributed by atoms with Crippen LogP contribution in [0.4, 0.5) is 0 Å². The third kappa shape index (κ3) is 8.42. The number of aliphatic carboxylic acids is 1. The van der Waals surface area contributed by atoms with Crippen molar-refractivity contribution in [3.63, 3.8) is 0 Å². The predicted octanol–water partition coefficient (Wildman–Crippen LogP) is 6.23. The molecule has 0 fully saturated rings. The van der Waals surface area contributed by atoms with Gasteiger partial charge in [0, 0.05) is 27.5 Å². The first-order valence-electron chi connectivity index (χ1n) is 9.19. The number of halogens is 3. The van der Waals surface area contributed by atoms with Gasteiger partial charge in [0.15, 0.2) is 6.10 Å². The van der Waals surface area contributed by atoms with Gasteiger partial charge in [-0.2, -0.15) is 0 Å². The Labute approximate surface area is 207 Å². The Morgan fingerprint density at radius 2 is 1.93 bits per heavy atom. The largest absolute Gasteiger partial charge is 0.488 e. The molecule has 7 heteroatoms. The number of allylic oxidation sites excluding steroid dienone is 1. The molecule has 0 aliphatic heterocycles. The van der Waals surface area contributed by atoms with Crippen molar-refractivity contribution < 1.29 is 19.4 Å². The van der Waals surface area contributed by atoms with E-state index in [-0.39, 0.29) is 0 Å². The zero-order valence-corrected chi connectivity index (χ0v) is 21.9. The summed E-state index contributed by atoms with van der Waals surface area (Å²) in [5.74, 6) is 6.05. The van der Waals surface area contributed by atoms with E-state index in [4.69, 9.17) is 9.47 Å². The summed E-state index contributed by atoms with van der Waals surface area (Å²) in [6.45, 7) is 4.49. The Bertz CT molecular complexity index is 972. The van der Waals surface area contributed by atoms with Gasteiger partial charge in [0.25, 0.3) is 0 Å². The maximum Gasteiger partial charge on any atom is 0.333 e. The summed E-state index contributed by atoms with van der Waals surface area (Å²) in [6, 6.07) is 11.5. The Morgan fingerprint density at radius 3 is 2.53 bits per heavy atom. The fourth-order valence-electron chi connectivity index (χ4n) is 2.53. The molecule has 0 bridgehead atoms. The molecule has 0 radical (unpaired) electrons. The van der Waals surface area contributed by atoms with Crippen LogP contribution in [0, 0.1) is 15.4 Å². The molecule has 0 aliphatic rings. The molecule has 4 nitrogen and oxygen atoms in total. The molecule has 0 saturated heterocycles. The standard InChI is InChI=1S/C23H21Br2IO4/c1-3-29-22(23(27)28)13-17-6-7-21(20(26)12-17)30-9-8-15(2)4-5-16-10-18(24)14-19(25)11-16/h6-8,10-12,14,22H,3,9,13H2,1-2H3,(H,27,28)/b15-8-. The number of hydrogen-bond donors (Lipinski definition) is 1. The van der Waals surface area contributed by atoms with Gasteiger partial charge in [0.05, 0.1) is 3.57 Å². The van der Waals surface area contributed by atoms with Crippen LogP contribution in [0.3, 0.4) is 0 Å². The number of benzene rings is 2. The number of ether oxygens (including phenoxy) is 2. The maximum absolute atomic E-state index is 11.3. The zero-order chi connectivity index (χ0) is 22.1. The normalized spacial score (nSPS) is 12.1. The van der Waals surface area contributed by atoms with Crippen LogP contribution >= 0.6 is 54.5 Å². The molecule has 158 valence electrons. The molecule has 2 aromatic carbocycles. The van der Waals surface area contributed by atoms with Crippen molar-refractivity contribution in [3.05, 3.63) is 71.7 Å². The van der Waals surface area contributed by atoms with E-state index < -0.39 is 12.1 Å². The molecule has 1 N–H and O–H groups in total. The van der Waals surface area contributed by atoms with Gasteiger partial charge in [-0.15, -0.1) is 0 Å². The van der Waals surface area contributed by atoms with E-state index in [0.717, 1.165) is 35.0 Å². The van der Waals surface area contributed by atoms with Gasteiger partial charge < -0.3 is 14.6 Å². The third-order valence-electron chi connectivity index (χ3n) is 3.96. The van der Waals surface area contributed by atoms with Crippen LogP contribution < -0.4 is 4.74 Å². The molecule has 2 aromatic rings. The van der Waals surface area contributed by atoms with Gasteiger partial charge in [0.2, 0.25) is 0 Å². The van der Waals surface area contributed by atoms with Gasteiger partial charge >= 0.3 is 5.97 Å². The molecular formula is C23H21Br2IO4. The van der Waals surface area contributed by atoms with Crippen molar-refractivity contribution in [3.8, 4) is 17.6 Å². The quantitative estimate of drug-likeness (QED) is 0.273. The van der Waals surface area contributed by atoms with Crippen molar-refractivity contribution in [1.29, 1.82) is 0 Å². The van der Waals surface area contributed by atoms with Crippen molar-refractivity contribution >= 4 is 60.4 Å². The molecule has 0 spiro atoms. The lowest BCUT2D eigenvalue weighted by molar-refractivity contribution is -0.149. The van der Waals surface area contributed by atoms with Crippen LogP contribution in [0.15, 0.2) is 57.0 Å². The van der Waals surface area contributed by atoms with Gasteiger partial charge in [0.1, 0.15) is 12.4 Å². The minimum absolute atomic E-state index is 0.319. The van der Waals surface area contributed by atoms with Gasteiger partial charge in [-0.05, 0) is 84.0 Å². The van der Waals surface area contributed by atoms with Gasteiger partial charge in [-0.1, -0.05) is 49.8 Å². The highest BCUT2D eigenvalue weighted by Crippen LogP contribution is 2.23. The van der Waals surface area contributed by atoms with Crippen LogP contribution in [0.25, 0.3) is 0 Å². The van der Waals surface area contributed by atoms with Crippen molar-refractivity contribution in [2.45, 2.75) is 26.4 Å². The lowest BCUT2D eigenvalue weighted by atomic mass is 10.1. The Hall–Kier alpha value is -1.34. The van der Waals surface area contributed by atoms with E-state index in [0.29, 0.717) is 19.6 Å². The molecule has 0 heterocycles. The number of rotatable bonds is 8. The Kier molecular flexibility index (Phi) is 10.4. The number of carboxylic acid groups (broad SMARTS) is 1. The SMILES string of the molecule is CCOC(Cc1ccc(OC/C=C(/C)C#Cc2cc(Br)cc(Br)c2)c(I)c1)C(=O)O. The molecule has 0 aromatic heterocycles. The Balaban J connectivity index is 1.97. The number of carboxylic acids is 1. The van der Waals surface area contributed by atoms with Gasteiger partial charge in [-0.3, -0.25) is 0 Å². The van der Waals surface area contributed by atoms with Crippen molar-refractivity contribution in [2.24, 2.45) is 0 Å². The second-order valence-corrected chi connectivity index (χ2v) is 9.35. The van der Waals surface area contributed by atoms with E-state index >= 15 is 0 Å². The lowest BCUT2D eigenvalue weighted by Gasteiger charge is -2.13. The van der Waals surface area contributed by atoms with E-state index in [1.807, 2.05) is 49.4 Å². The topological polar surface area (TPSA) is 55.8 Å². The van der Waals surface area contributed by atoms with E-state index in [1.54, 1.807) is 6.92 Å². The van der Waals surface area contributed by atoms with Crippen molar-refractivity contribution in [1.82, 2.24) is 0 Å². The predicted molar refractivity (Wildman–Crippen MR) is 134 cm³/mol. The molecule has 1 unspecified atom stereocenters. The second-order valence-electron chi connectivity index (χ2n) is 6.36. The summed E-state index contributed by atoms with van der Waals surface area (Å²) in [7, 11) is 0. The molecule has 30 heavy (non-hydrogen) atoms. The molecular weight excluding hydrogens is 627 g/mol. The highest BCUT2D eigenvalue weighted by molar-refractivity contribution is 14.1. The number of carbonyl (C=O) groups is 1. The average Bonchev–Trinajstić information content (AvgIpc) is 2.67. The van der Waals surface area contributed by atoms with E-state index in [2.05, 4.69) is 66.3 Å². The molecule has 2 rings (SSSR count). The summed E-state index contributed by atoms with van der Waals surface area (Å²) in [5.41, 5.74) is 2.73. The summed E-state index contributed by atoms with van der Waals surface area (Å²) in [6.07, 6.45) is 1.41. The highest BCUT2D eigenvalue weighted by Gasteiger charge is 2.18. The van der Waals surface area contributed by atoms with Crippen LogP contribution in [-0.4, -0.2) is 30.4 Å². The first-order chi connectivity index (χ1) is 14.3. The van der Waals surface area contributed by atoms with E-state index in [9.17, 15) is 9.90 Å². The highest BCUT2D eigenvalue weighted by atomic mass is 127. The van der Waals surface area contributed by atoms with Crippen LogP contribution in [0.2, 0.25) is 0 Å². The molecule has 1 atom stereocenters. The molecule has 0 aliphatic carbocycles. The van der Waals surface area contributed by atoms with E-state index in [1.165, 1.54) is 0 Å². The molecule has 0 amide bonds. The summed E-state index contributed by atoms with van der Waals surface area (Å²) in [5, 5.41) is 9.23. The third-order valence-corrected chi connectivity index (χ3v) is 5.71. The zero-order valence-electron chi connectivity index (χ0n) is 16.5. The smallest absolute Gasteiger partial charge is 0.333 e. The van der Waals surface area contributed by atoms with Crippen LogP contribution in [-0.2, 0) is 16.0 Å². The fourth-order valence-corrected chi connectivity index (χ4v) is 4.55. The maximum atomic E-state index is 11.3. The van der Waals surface area contributed by atoms with Crippen molar-refractivity contribution in [2.75, 3.05) is 13.2 Å². The summed E-state index contributed by atoms with van der Waals surface area (Å²) >= 11 is 9.10.